The van der Waals surface area contributed by atoms with Gasteiger partial charge in [0.1, 0.15) is 0 Å². The first-order valence-corrected chi connectivity index (χ1v) is 11.2. The number of anilines is 1. The van der Waals surface area contributed by atoms with Gasteiger partial charge in [-0.25, -0.2) is 0 Å². The zero-order chi connectivity index (χ0) is 20.3. The Morgan fingerprint density at radius 2 is 1.79 bits per heavy atom. The van der Waals surface area contributed by atoms with Crippen molar-refractivity contribution in [1.82, 2.24) is 10.2 Å². The van der Waals surface area contributed by atoms with E-state index in [0.717, 1.165) is 50.5 Å². The van der Waals surface area contributed by atoms with Crippen LogP contribution in [0.25, 0.3) is 0 Å². The molecule has 0 aromatic heterocycles. The van der Waals surface area contributed by atoms with Gasteiger partial charge in [-0.1, -0.05) is 37.8 Å². The van der Waals surface area contributed by atoms with E-state index in [4.69, 9.17) is 4.74 Å². The summed E-state index contributed by atoms with van der Waals surface area (Å²) in [5.41, 5.74) is 2.04. The number of unbranched alkanes of at least 4 members (excludes halogenated alkanes) is 5. The summed E-state index contributed by atoms with van der Waals surface area (Å²) in [5.74, 6) is -0.555. The molecule has 0 saturated carbocycles. The zero-order valence-electron chi connectivity index (χ0n) is 17.5. The van der Waals surface area contributed by atoms with E-state index in [1.165, 1.54) is 38.6 Å². The van der Waals surface area contributed by atoms with Crippen molar-refractivity contribution in [3.63, 3.8) is 0 Å². The maximum Gasteiger partial charge on any atom is 0.234 e. The van der Waals surface area contributed by atoms with Gasteiger partial charge in [0, 0.05) is 31.7 Å². The van der Waals surface area contributed by atoms with Crippen molar-refractivity contribution < 1.29 is 14.3 Å². The van der Waals surface area contributed by atoms with Gasteiger partial charge in [-0.3, -0.25) is 19.8 Å². The molecule has 1 unspecified atom stereocenters. The van der Waals surface area contributed by atoms with Crippen molar-refractivity contribution in [3.05, 3.63) is 29.8 Å². The Bertz CT molecular complexity index is 659. The number of imide groups is 1. The van der Waals surface area contributed by atoms with Crippen LogP contribution < -0.4 is 10.6 Å². The van der Waals surface area contributed by atoms with E-state index in [1.807, 2.05) is 24.3 Å². The van der Waals surface area contributed by atoms with Crippen LogP contribution in [0.1, 0.15) is 62.8 Å². The summed E-state index contributed by atoms with van der Waals surface area (Å²) in [6.07, 6.45) is 8.64. The average molecular weight is 402 g/mol. The van der Waals surface area contributed by atoms with Crippen LogP contribution in [0.4, 0.5) is 5.69 Å². The molecule has 1 aromatic rings. The van der Waals surface area contributed by atoms with Crippen LogP contribution in [-0.2, 0) is 14.3 Å². The molecule has 2 amide bonds. The van der Waals surface area contributed by atoms with Crippen LogP contribution in [0.2, 0.25) is 0 Å². The Labute approximate surface area is 174 Å². The lowest BCUT2D eigenvalue weighted by atomic mass is 9.90. The van der Waals surface area contributed by atoms with Crippen molar-refractivity contribution in [3.8, 4) is 0 Å². The largest absolute Gasteiger partial charge is 0.385 e. The number of hydrogen-bond donors (Lipinski definition) is 2. The number of hydrogen-bond acceptors (Lipinski definition) is 5. The molecule has 6 heteroatoms. The summed E-state index contributed by atoms with van der Waals surface area (Å²) >= 11 is 0. The predicted molar refractivity (Wildman–Crippen MR) is 115 cm³/mol. The van der Waals surface area contributed by atoms with Gasteiger partial charge in [0.05, 0.1) is 19.1 Å². The number of benzene rings is 1. The number of rotatable bonds is 11. The van der Waals surface area contributed by atoms with Crippen LogP contribution in [0.3, 0.4) is 0 Å². The van der Waals surface area contributed by atoms with E-state index in [2.05, 4.69) is 15.5 Å². The number of carbonyl (C=O) groups excluding carboxylic acids is 2. The molecular weight excluding hydrogens is 366 g/mol. The maximum atomic E-state index is 12.1. The van der Waals surface area contributed by atoms with E-state index in [9.17, 15) is 9.59 Å². The molecule has 0 aliphatic carbocycles. The zero-order valence-corrected chi connectivity index (χ0v) is 17.5. The van der Waals surface area contributed by atoms with Gasteiger partial charge in [0.2, 0.25) is 11.8 Å². The molecule has 1 aromatic carbocycles. The minimum atomic E-state index is -0.216. The van der Waals surface area contributed by atoms with E-state index in [1.54, 1.807) is 0 Å². The van der Waals surface area contributed by atoms with Crippen molar-refractivity contribution in [2.75, 3.05) is 44.7 Å². The maximum absolute atomic E-state index is 12.1. The lowest BCUT2D eigenvalue weighted by Crippen LogP contribution is -2.39. The number of nitrogens with zero attached hydrogens (tertiary/aromatic N) is 1. The Kier molecular flexibility index (Phi) is 8.96. The summed E-state index contributed by atoms with van der Waals surface area (Å²) in [5, 5.41) is 5.92. The van der Waals surface area contributed by atoms with Crippen LogP contribution in [0, 0.1) is 0 Å². The third-order valence-corrected chi connectivity index (χ3v) is 5.86. The first kappa shape index (κ1) is 21.8. The van der Waals surface area contributed by atoms with Crippen LogP contribution in [-0.4, -0.2) is 56.1 Å². The SMILES string of the molecule is O=C1CCC(c2cccc(NCCCCCCCCN3CCOCC3)c2)C(=O)N1. The minimum Gasteiger partial charge on any atom is -0.385 e. The van der Waals surface area contributed by atoms with Crippen LogP contribution in [0.15, 0.2) is 24.3 Å². The Morgan fingerprint density at radius 3 is 2.59 bits per heavy atom. The fourth-order valence-electron chi connectivity index (χ4n) is 4.10. The van der Waals surface area contributed by atoms with Crippen LogP contribution in [0.5, 0.6) is 0 Å². The van der Waals surface area contributed by atoms with Gasteiger partial charge >= 0.3 is 0 Å². The first-order valence-electron chi connectivity index (χ1n) is 11.2. The smallest absolute Gasteiger partial charge is 0.234 e. The normalized spacial score (nSPS) is 20.5. The molecule has 2 aliphatic heterocycles. The highest BCUT2D eigenvalue weighted by atomic mass is 16.5. The average Bonchev–Trinajstić information content (AvgIpc) is 2.73. The second kappa shape index (κ2) is 11.9. The first-order chi connectivity index (χ1) is 14.2. The van der Waals surface area contributed by atoms with Gasteiger partial charge in [0.15, 0.2) is 0 Å². The Morgan fingerprint density at radius 1 is 1.03 bits per heavy atom. The van der Waals surface area contributed by atoms with Gasteiger partial charge in [-0.05, 0) is 43.5 Å². The molecule has 2 saturated heterocycles. The highest BCUT2D eigenvalue weighted by molar-refractivity contribution is 6.01. The molecule has 1 atom stereocenters. The summed E-state index contributed by atoms with van der Waals surface area (Å²) in [7, 11) is 0. The second-order valence-corrected chi connectivity index (χ2v) is 8.13. The standard InChI is InChI=1S/C23H35N3O3/c27-22-11-10-21(23(28)25-22)19-8-7-9-20(18-19)24-12-5-3-1-2-4-6-13-26-14-16-29-17-15-26/h7-9,18,21,24H,1-6,10-17H2,(H,25,27,28). The quantitative estimate of drug-likeness (QED) is 0.440. The van der Waals surface area contributed by atoms with E-state index >= 15 is 0 Å². The van der Waals surface area contributed by atoms with Gasteiger partial charge in [-0.15, -0.1) is 0 Å². The van der Waals surface area contributed by atoms with Crippen molar-refractivity contribution in [1.29, 1.82) is 0 Å². The van der Waals surface area contributed by atoms with Gasteiger partial charge in [-0.2, -0.15) is 0 Å². The Balaban J connectivity index is 1.25. The summed E-state index contributed by atoms with van der Waals surface area (Å²) in [6.45, 7) is 6.14. The molecule has 2 aliphatic rings. The van der Waals surface area contributed by atoms with E-state index in [-0.39, 0.29) is 17.7 Å². The molecule has 0 spiro atoms. The van der Waals surface area contributed by atoms with Crippen LogP contribution >= 0.6 is 0 Å². The highest BCUT2D eigenvalue weighted by Gasteiger charge is 2.27. The third-order valence-electron chi connectivity index (χ3n) is 5.86. The van der Waals surface area contributed by atoms with Crippen molar-refractivity contribution in [2.24, 2.45) is 0 Å². The number of ether oxygens (including phenoxy) is 1. The minimum absolute atomic E-state index is 0.165. The summed E-state index contributed by atoms with van der Waals surface area (Å²) in [6, 6.07) is 8.05. The molecule has 2 N–H and O–H groups in total. The summed E-state index contributed by atoms with van der Waals surface area (Å²) in [4.78, 5) is 25.9. The number of piperidine rings is 1. The molecule has 0 bridgehead atoms. The van der Waals surface area contributed by atoms with Crippen molar-refractivity contribution in [2.45, 2.75) is 57.3 Å². The molecule has 160 valence electrons. The fraction of sp³-hybridized carbons (Fsp3) is 0.652. The monoisotopic (exact) mass is 401 g/mol. The lowest BCUT2D eigenvalue weighted by Gasteiger charge is -2.26. The topological polar surface area (TPSA) is 70.7 Å². The van der Waals surface area contributed by atoms with Gasteiger partial charge < -0.3 is 10.1 Å². The fourth-order valence-corrected chi connectivity index (χ4v) is 4.10. The van der Waals surface area contributed by atoms with E-state index in [0.29, 0.717) is 12.8 Å². The Hall–Kier alpha value is -1.92. The van der Waals surface area contributed by atoms with Crippen molar-refractivity contribution >= 4 is 17.5 Å². The third kappa shape index (κ3) is 7.44. The molecular formula is C23H35N3O3. The molecule has 0 radical (unpaired) electrons. The number of morpholine rings is 1. The molecule has 29 heavy (non-hydrogen) atoms. The molecule has 6 nitrogen and oxygen atoms in total. The van der Waals surface area contributed by atoms with E-state index < -0.39 is 0 Å². The van der Waals surface area contributed by atoms with Gasteiger partial charge in [0.25, 0.3) is 0 Å². The number of amides is 2. The second-order valence-electron chi connectivity index (χ2n) is 8.13. The number of carbonyl (C=O) groups is 2. The molecule has 3 rings (SSSR count). The lowest BCUT2D eigenvalue weighted by molar-refractivity contribution is -0.134. The summed E-state index contributed by atoms with van der Waals surface area (Å²) < 4.78 is 5.38. The number of nitrogens with one attached hydrogen (secondary N) is 2. The molecule has 2 fully saturated rings. The predicted octanol–water partition coefficient (Wildman–Crippen LogP) is 3.29. The molecule has 2 heterocycles. The highest BCUT2D eigenvalue weighted by Crippen LogP contribution is 2.26.